The van der Waals surface area contributed by atoms with Crippen LogP contribution in [0.1, 0.15) is 51.8 Å². The Morgan fingerprint density at radius 3 is 2.83 bits per heavy atom. The summed E-state index contributed by atoms with van der Waals surface area (Å²) in [7, 11) is 0. The highest BCUT2D eigenvalue weighted by Gasteiger charge is 2.33. The van der Waals surface area contributed by atoms with Crippen LogP contribution >= 0.6 is 11.8 Å². The molecule has 3 rings (SSSR count). The van der Waals surface area contributed by atoms with Crippen molar-refractivity contribution >= 4 is 34.9 Å². The van der Waals surface area contributed by atoms with Gasteiger partial charge in [-0.1, -0.05) is 12.1 Å². The quantitative estimate of drug-likeness (QED) is 0.736. The third-order valence-corrected chi connectivity index (χ3v) is 5.64. The topological polar surface area (TPSA) is 84.7 Å². The van der Waals surface area contributed by atoms with Crippen molar-refractivity contribution in [1.29, 1.82) is 0 Å². The molecule has 0 radical (unpaired) electrons. The largest absolute Gasteiger partial charge is 0.444 e. The van der Waals surface area contributed by atoms with E-state index in [0.717, 1.165) is 29.7 Å². The molecule has 2 heterocycles. The van der Waals surface area contributed by atoms with Crippen molar-refractivity contribution in [3.05, 3.63) is 30.2 Å². The molecule has 1 N–H and O–H groups in total. The molecule has 1 aromatic heterocycles. The number of piperidine rings is 1. The second-order valence-electron chi connectivity index (χ2n) is 8.62. The van der Waals surface area contributed by atoms with Crippen LogP contribution in [0.4, 0.5) is 4.79 Å². The van der Waals surface area contributed by atoms with Crippen molar-refractivity contribution in [3.63, 3.8) is 0 Å². The van der Waals surface area contributed by atoms with Gasteiger partial charge in [-0.05, 0) is 64.2 Å². The molecule has 164 valence electrons. The van der Waals surface area contributed by atoms with Crippen molar-refractivity contribution in [2.75, 3.05) is 25.1 Å². The molecule has 0 bridgehead atoms. The van der Waals surface area contributed by atoms with Gasteiger partial charge >= 0.3 is 6.09 Å². The molecular formula is C22H31N3O4S. The zero-order valence-electron chi connectivity index (χ0n) is 18.1. The van der Waals surface area contributed by atoms with Gasteiger partial charge in [0.25, 0.3) is 0 Å². The maximum absolute atomic E-state index is 13.2. The highest BCUT2D eigenvalue weighted by atomic mass is 32.2. The molecule has 0 aliphatic carbocycles. The van der Waals surface area contributed by atoms with Gasteiger partial charge in [-0.3, -0.25) is 4.79 Å². The summed E-state index contributed by atoms with van der Waals surface area (Å²) in [6, 6.07) is 7.09. The first-order chi connectivity index (χ1) is 14.3. The standard InChI is InChI=1S/C22H31N3O4S/c1-22(2,3)29-21(27)24-17(11-13-30-4)20(26)25-12-7-8-15(14-25)19-23-16-9-5-6-10-18(16)28-19/h5-6,9-10,15,17H,7-8,11-14H2,1-4H3,(H,24,27)/t15-,17-/m1/s1. The lowest BCUT2D eigenvalue weighted by molar-refractivity contribution is -0.134. The van der Waals surface area contributed by atoms with E-state index in [1.54, 1.807) is 32.5 Å². The lowest BCUT2D eigenvalue weighted by Gasteiger charge is -2.34. The summed E-state index contributed by atoms with van der Waals surface area (Å²) < 4.78 is 11.3. The Kier molecular flexibility index (Phi) is 7.28. The van der Waals surface area contributed by atoms with Gasteiger partial charge < -0.3 is 19.4 Å². The first-order valence-corrected chi connectivity index (χ1v) is 11.8. The fraction of sp³-hybridized carbons (Fsp3) is 0.591. The molecule has 2 amide bonds. The van der Waals surface area contributed by atoms with Crippen LogP contribution in [0.3, 0.4) is 0 Å². The van der Waals surface area contributed by atoms with E-state index in [9.17, 15) is 9.59 Å². The van der Waals surface area contributed by atoms with Crippen LogP contribution in [-0.2, 0) is 9.53 Å². The highest BCUT2D eigenvalue weighted by molar-refractivity contribution is 7.98. The smallest absolute Gasteiger partial charge is 0.408 e. The molecule has 0 saturated carbocycles. The summed E-state index contributed by atoms with van der Waals surface area (Å²) in [5.41, 5.74) is 0.987. The molecule has 1 aromatic carbocycles. The third kappa shape index (κ3) is 5.90. The molecular weight excluding hydrogens is 402 g/mol. The van der Waals surface area contributed by atoms with Gasteiger partial charge in [0.1, 0.15) is 17.2 Å². The van der Waals surface area contributed by atoms with Crippen molar-refractivity contribution in [1.82, 2.24) is 15.2 Å². The fourth-order valence-electron chi connectivity index (χ4n) is 3.61. The highest BCUT2D eigenvalue weighted by Crippen LogP contribution is 2.29. The van der Waals surface area contributed by atoms with Crippen molar-refractivity contribution in [2.45, 2.75) is 57.6 Å². The maximum Gasteiger partial charge on any atom is 0.408 e. The van der Waals surface area contributed by atoms with Gasteiger partial charge in [0.15, 0.2) is 11.5 Å². The van der Waals surface area contributed by atoms with Gasteiger partial charge in [-0.2, -0.15) is 11.8 Å². The van der Waals surface area contributed by atoms with Gasteiger partial charge in [0, 0.05) is 13.1 Å². The number of amides is 2. The predicted molar refractivity (Wildman–Crippen MR) is 119 cm³/mol. The van der Waals surface area contributed by atoms with Gasteiger partial charge in [-0.25, -0.2) is 9.78 Å². The Bertz CT molecular complexity index is 844. The lowest BCUT2D eigenvalue weighted by atomic mass is 9.97. The maximum atomic E-state index is 13.2. The lowest BCUT2D eigenvalue weighted by Crippen LogP contribution is -2.52. The van der Waals surface area contributed by atoms with Crippen LogP contribution < -0.4 is 5.32 Å². The number of ether oxygens (including phenoxy) is 1. The van der Waals surface area contributed by atoms with Gasteiger partial charge in [0.2, 0.25) is 5.91 Å². The number of benzene rings is 1. The minimum Gasteiger partial charge on any atom is -0.444 e. The Hall–Kier alpha value is -2.22. The van der Waals surface area contributed by atoms with Crippen LogP contribution in [0.2, 0.25) is 0 Å². The Morgan fingerprint density at radius 1 is 1.37 bits per heavy atom. The number of likely N-dealkylation sites (tertiary alicyclic amines) is 1. The van der Waals surface area contributed by atoms with E-state index in [2.05, 4.69) is 10.3 Å². The molecule has 2 aromatic rings. The fourth-order valence-corrected chi connectivity index (χ4v) is 4.08. The SMILES string of the molecule is CSCC[C@@H](NC(=O)OC(C)(C)C)C(=O)N1CCC[C@@H](c2nc3ccccc3o2)C1. The Balaban J connectivity index is 1.69. The van der Waals surface area contributed by atoms with Crippen LogP contribution in [0.15, 0.2) is 28.7 Å². The first kappa shape index (κ1) is 22.5. The van der Waals surface area contributed by atoms with Crippen LogP contribution in [0.5, 0.6) is 0 Å². The molecule has 1 saturated heterocycles. The third-order valence-electron chi connectivity index (χ3n) is 4.99. The molecule has 2 atom stereocenters. The van der Waals surface area contributed by atoms with Crippen molar-refractivity contribution < 1.29 is 18.7 Å². The predicted octanol–water partition coefficient (Wildman–Crippen LogP) is 4.18. The van der Waals surface area contributed by atoms with Gasteiger partial charge in [0.05, 0.1) is 5.92 Å². The van der Waals surface area contributed by atoms with E-state index in [1.807, 2.05) is 35.4 Å². The number of thioether (sulfide) groups is 1. The monoisotopic (exact) mass is 433 g/mol. The zero-order valence-corrected chi connectivity index (χ0v) is 19.0. The van der Waals surface area contributed by atoms with E-state index in [4.69, 9.17) is 9.15 Å². The van der Waals surface area contributed by atoms with Crippen LogP contribution in [0, 0.1) is 0 Å². The number of alkyl carbamates (subject to hydrolysis) is 1. The van der Waals surface area contributed by atoms with Crippen LogP contribution in [0.25, 0.3) is 11.1 Å². The number of oxazole rings is 1. The molecule has 1 aliphatic heterocycles. The number of nitrogens with zero attached hydrogens (tertiary/aromatic N) is 2. The minimum atomic E-state index is -0.611. The summed E-state index contributed by atoms with van der Waals surface area (Å²) in [6.07, 6.45) is 3.78. The van der Waals surface area contributed by atoms with Crippen molar-refractivity contribution in [3.8, 4) is 0 Å². The van der Waals surface area contributed by atoms with Crippen molar-refractivity contribution in [2.24, 2.45) is 0 Å². The Morgan fingerprint density at radius 2 is 2.13 bits per heavy atom. The first-order valence-electron chi connectivity index (χ1n) is 10.4. The molecule has 7 nitrogen and oxygen atoms in total. The number of hydrogen-bond donors (Lipinski definition) is 1. The van der Waals surface area contributed by atoms with E-state index in [-0.39, 0.29) is 11.8 Å². The summed E-state index contributed by atoms with van der Waals surface area (Å²) in [4.78, 5) is 32.0. The Labute approximate surface area is 181 Å². The van der Waals surface area contributed by atoms with Gasteiger partial charge in [-0.15, -0.1) is 0 Å². The second kappa shape index (κ2) is 9.73. The van der Waals surface area contributed by atoms with Crippen LogP contribution in [-0.4, -0.2) is 58.6 Å². The number of carbonyl (C=O) groups excluding carboxylic acids is 2. The number of aromatic nitrogens is 1. The van der Waals surface area contributed by atoms with E-state index < -0.39 is 17.7 Å². The van der Waals surface area contributed by atoms with E-state index >= 15 is 0 Å². The molecule has 1 fully saturated rings. The number of rotatable bonds is 6. The number of fused-ring (bicyclic) bond motifs is 1. The summed E-state index contributed by atoms with van der Waals surface area (Å²) >= 11 is 1.65. The summed E-state index contributed by atoms with van der Waals surface area (Å²) in [5, 5.41) is 2.78. The summed E-state index contributed by atoms with van der Waals surface area (Å²) in [6.45, 7) is 6.63. The zero-order chi connectivity index (χ0) is 21.7. The molecule has 0 unspecified atom stereocenters. The molecule has 30 heavy (non-hydrogen) atoms. The normalized spacial score (nSPS) is 18.3. The number of carbonyl (C=O) groups is 2. The van der Waals surface area contributed by atoms with E-state index in [1.165, 1.54) is 0 Å². The summed E-state index contributed by atoms with van der Waals surface area (Å²) in [5.74, 6) is 1.43. The average Bonchev–Trinajstić information content (AvgIpc) is 3.13. The minimum absolute atomic E-state index is 0.0535. The molecule has 1 aliphatic rings. The number of hydrogen-bond acceptors (Lipinski definition) is 6. The molecule has 0 spiro atoms. The second-order valence-corrected chi connectivity index (χ2v) is 9.61. The molecule has 8 heteroatoms. The number of nitrogens with one attached hydrogen (secondary N) is 1. The average molecular weight is 434 g/mol. The number of para-hydroxylation sites is 2. The van der Waals surface area contributed by atoms with E-state index in [0.29, 0.717) is 25.4 Å².